The summed E-state index contributed by atoms with van der Waals surface area (Å²) in [6, 6.07) is -3.79. The molecule has 4 amide bonds. The van der Waals surface area contributed by atoms with Crippen LogP contribution in [0, 0.1) is 0 Å². The van der Waals surface area contributed by atoms with Crippen LogP contribution in [0.5, 0.6) is 0 Å². The van der Waals surface area contributed by atoms with Crippen LogP contribution >= 0.6 is 12.6 Å². The standard InChI is InChI=1S/C19H34N6O6S/c20-8-2-1-4-12(23-16(27)11-5-3-9-22-11)17(28)24-13(6-7-15(21)26)18(29)25-14(10-32)19(30)31/h11-14,22,32H,1-10,20H2,(H2,21,26)(H,23,27)(H,24,28)(H,25,29)(H,30,31). The number of amides is 4. The van der Waals surface area contributed by atoms with Crippen molar-refractivity contribution in [3.63, 3.8) is 0 Å². The molecule has 182 valence electrons. The number of carbonyl (C=O) groups excluding carboxylic acids is 4. The SMILES string of the molecule is NCCCCC(NC(=O)C1CCCN1)C(=O)NC(CCC(N)=O)C(=O)NC(CS)C(=O)O. The van der Waals surface area contributed by atoms with Gasteiger partial charge in [-0.1, -0.05) is 0 Å². The van der Waals surface area contributed by atoms with Crippen molar-refractivity contribution in [2.24, 2.45) is 11.5 Å². The van der Waals surface area contributed by atoms with Crippen LogP contribution in [0.15, 0.2) is 0 Å². The molecule has 4 unspecified atom stereocenters. The molecule has 0 aromatic heterocycles. The first-order chi connectivity index (χ1) is 15.2. The fraction of sp³-hybridized carbons (Fsp3) is 0.737. The van der Waals surface area contributed by atoms with Crippen LogP contribution in [0.3, 0.4) is 0 Å². The van der Waals surface area contributed by atoms with Crippen LogP contribution in [0.4, 0.5) is 0 Å². The third-order valence-corrected chi connectivity index (χ3v) is 5.43. The topological polar surface area (TPSA) is 206 Å². The lowest BCUT2D eigenvalue weighted by Gasteiger charge is -2.25. The van der Waals surface area contributed by atoms with Gasteiger partial charge < -0.3 is 37.8 Å². The summed E-state index contributed by atoms with van der Waals surface area (Å²) < 4.78 is 0. The monoisotopic (exact) mass is 474 g/mol. The van der Waals surface area contributed by atoms with Crippen molar-refractivity contribution in [2.75, 3.05) is 18.8 Å². The van der Waals surface area contributed by atoms with Crippen molar-refractivity contribution in [1.82, 2.24) is 21.3 Å². The normalized spacial score (nSPS) is 18.2. The van der Waals surface area contributed by atoms with Gasteiger partial charge in [0.05, 0.1) is 6.04 Å². The van der Waals surface area contributed by atoms with Gasteiger partial charge in [-0.2, -0.15) is 12.6 Å². The average molecular weight is 475 g/mol. The fourth-order valence-corrected chi connectivity index (χ4v) is 3.48. The molecule has 0 spiro atoms. The molecule has 0 aromatic carbocycles. The lowest BCUT2D eigenvalue weighted by Crippen LogP contribution is -2.57. The Kier molecular flexibility index (Phi) is 12.7. The number of rotatable bonds is 15. The minimum absolute atomic E-state index is 0.126. The number of nitrogens with two attached hydrogens (primary N) is 2. The Labute approximate surface area is 192 Å². The molecule has 13 heteroatoms. The number of unbranched alkanes of at least 4 members (excludes halogenated alkanes) is 1. The Morgan fingerprint density at radius 1 is 1.00 bits per heavy atom. The molecule has 12 nitrogen and oxygen atoms in total. The molecule has 32 heavy (non-hydrogen) atoms. The number of primary amides is 1. The Morgan fingerprint density at radius 2 is 1.62 bits per heavy atom. The van der Waals surface area contributed by atoms with Gasteiger partial charge in [0.25, 0.3) is 0 Å². The summed E-state index contributed by atoms with van der Waals surface area (Å²) in [5.41, 5.74) is 10.7. The highest BCUT2D eigenvalue weighted by atomic mass is 32.1. The second-order valence-electron chi connectivity index (χ2n) is 7.64. The summed E-state index contributed by atoms with van der Waals surface area (Å²) in [5, 5.41) is 19.7. The van der Waals surface area contributed by atoms with E-state index in [1.54, 1.807) is 0 Å². The first-order valence-corrected chi connectivity index (χ1v) is 11.3. The molecule has 0 aromatic rings. The summed E-state index contributed by atoms with van der Waals surface area (Å²) >= 11 is 3.89. The summed E-state index contributed by atoms with van der Waals surface area (Å²) in [5.74, 6) is -3.84. The number of carbonyl (C=O) groups is 5. The molecule has 1 heterocycles. The van der Waals surface area contributed by atoms with E-state index in [2.05, 4.69) is 33.9 Å². The number of hydrogen-bond acceptors (Lipinski definition) is 8. The van der Waals surface area contributed by atoms with Gasteiger partial charge in [-0.05, 0) is 51.6 Å². The maximum absolute atomic E-state index is 12.9. The van der Waals surface area contributed by atoms with Gasteiger partial charge >= 0.3 is 5.97 Å². The molecule has 1 saturated heterocycles. The van der Waals surface area contributed by atoms with Gasteiger partial charge in [0, 0.05) is 12.2 Å². The first kappa shape index (κ1) is 27.7. The van der Waals surface area contributed by atoms with E-state index in [4.69, 9.17) is 16.6 Å². The van der Waals surface area contributed by atoms with Crippen LogP contribution < -0.4 is 32.7 Å². The molecule has 1 aliphatic heterocycles. The number of carboxylic acids is 1. The van der Waals surface area contributed by atoms with E-state index in [1.807, 2.05) is 0 Å². The Morgan fingerprint density at radius 3 is 2.12 bits per heavy atom. The minimum atomic E-state index is -1.29. The van der Waals surface area contributed by atoms with Crippen LogP contribution in [0.1, 0.15) is 44.9 Å². The highest BCUT2D eigenvalue weighted by Gasteiger charge is 2.31. The van der Waals surface area contributed by atoms with Crippen LogP contribution in [0.25, 0.3) is 0 Å². The zero-order chi connectivity index (χ0) is 24.1. The fourth-order valence-electron chi connectivity index (χ4n) is 3.23. The molecule has 0 radical (unpaired) electrons. The lowest BCUT2D eigenvalue weighted by molar-refractivity contribution is -0.141. The number of nitrogens with one attached hydrogen (secondary N) is 4. The zero-order valence-corrected chi connectivity index (χ0v) is 18.9. The Bertz CT molecular complexity index is 673. The summed E-state index contributed by atoms with van der Waals surface area (Å²) in [6.45, 7) is 1.14. The molecule has 1 aliphatic rings. The van der Waals surface area contributed by atoms with Crippen molar-refractivity contribution >= 4 is 42.2 Å². The molecule has 0 aliphatic carbocycles. The predicted octanol–water partition coefficient (Wildman–Crippen LogP) is -2.40. The minimum Gasteiger partial charge on any atom is -0.480 e. The zero-order valence-electron chi connectivity index (χ0n) is 18.0. The molecule has 0 saturated carbocycles. The largest absolute Gasteiger partial charge is 0.480 e. The highest BCUT2D eigenvalue weighted by Crippen LogP contribution is 2.08. The second kappa shape index (κ2) is 14.6. The molecule has 0 bridgehead atoms. The van der Waals surface area contributed by atoms with Gasteiger partial charge in [0.15, 0.2) is 0 Å². The summed E-state index contributed by atoms with van der Waals surface area (Å²) in [4.78, 5) is 60.4. The van der Waals surface area contributed by atoms with Crippen molar-refractivity contribution in [3.05, 3.63) is 0 Å². The van der Waals surface area contributed by atoms with E-state index >= 15 is 0 Å². The quantitative estimate of drug-likeness (QED) is 0.0946. The lowest BCUT2D eigenvalue weighted by atomic mass is 10.1. The average Bonchev–Trinajstić information content (AvgIpc) is 3.28. The van der Waals surface area contributed by atoms with Gasteiger partial charge in [-0.15, -0.1) is 0 Å². The molecular weight excluding hydrogens is 440 g/mol. The first-order valence-electron chi connectivity index (χ1n) is 10.7. The number of carboxylic acid groups (broad SMARTS) is 1. The van der Waals surface area contributed by atoms with Gasteiger partial charge in [-0.25, -0.2) is 4.79 Å². The smallest absolute Gasteiger partial charge is 0.327 e. The van der Waals surface area contributed by atoms with Crippen LogP contribution in [-0.2, 0) is 24.0 Å². The van der Waals surface area contributed by atoms with E-state index in [1.165, 1.54) is 0 Å². The Balaban J connectivity index is 2.89. The van der Waals surface area contributed by atoms with Crippen molar-refractivity contribution in [2.45, 2.75) is 69.1 Å². The number of thiol groups is 1. The molecular formula is C19H34N6O6S. The third kappa shape index (κ3) is 9.83. The summed E-state index contributed by atoms with van der Waals surface area (Å²) in [6.07, 6.45) is 2.72. The number of aliphatic carboxylic acids is 1. The van der Waals surface area contributed by atoms with Gasteiger partial charge in [0.2, 0.25) is 23.6 Å². The molecule has 1 rings (SSSR count). The summed E-state index contributed by atoms with van der Waals surface area (Å²) in [7, 11) is 0. The van der Waals surface area contributed by atoms with Crippen molar-refractivity contribution < 1.29 is 29.1 Å². The second-order valence-corrected chi connectivity index (χ2v) is 8.01. The van der Waals surface area contributed by atoms with E-state index in [9.17, 15) is 24.0 Å². The van der Waals surface area contributed by atoms with Crippen LogP contribution in [-0.4, -0.2) is 77.7 Å². The molecule has 9 N–H and O–H groups in total. The Hall–Kier alpha value is -2.38. The van der Waals surface area contributed by atoms with E-state index in [0.717, 1.165) is 6.42 Å². The highest BCUT2D eigenvalue weighted by molar-refractivity contribution is 7.80. The molecule has 1 fully saturated rings. The third-order valence-electron chi connectivity index (χ3n) is 5.07. The van der Waals surface area contributed by atoms with Crippen LogP contribution in [0.2, 0.25) is 0 Å². The van der Waals surface area contributed by atoms with E-state index < -0.39 is 41.8 Å². The van der Waals surface area contributed by atoms with E-state index in [-0.39, 0.29) is 30.5 Å². The predicted molar refractivity (Wildman–Crippen MR) is 120 cm³/mol. The van der Waals surface area contributed by atoms with Gasteiger partial charge in [0.1, 0.15) is 18.1 Å². The maximum Gasteiger partial charge on any atom is 0.327 e. The van der Waals surface area contributed by atoms with Crippen molar-refractivity contribution in [1.29, 1.82) is 0 Å². The van der Waals surface area contributed by atoms with E-state index in [0.29, 0.717) is 38.8 Å². The van der Waals surface area contributed by atoms with Gasteiger partial charge in [-0.3, -0.25) is 19.2 Å². The molecule has 4 atom stereocenters. The maximum atomic E-state index is 12.9. The van der Waals surface area contributed by atoms with Crippen molar-refractivity contribution in [3.8, 4) is 0 Å². The number of hydrogen-bond donors (Lipinski definition) is 8.